The highest BCUT2D eigenvalue weighted by Gasteiger charge is 2.71. The van der Waals surface area contributed by atoms with Crippen molar-refractivity contribution < 1.29 is 15.3 Å². The SMILES string of the molecule is CC1(C)CC[C@]2(CO)C(O)C[C@]3(C)C(CCC4[C@@]5(C)CC[C@H](O)C(C)(C)[C@@H]5CC[C@]43C)C2C1. The predicted octanol–water partition coefficient (Wildman–Crippen LogP) is 6.19. The summed E-state index contributed by atoms with van der Waals surface area (Å²) in [5, 5.41) is 33.3. The summed E-state index contributed by atoms with van der Waals surface area (Å²) in [6.45, 7) is 17.3. The number of aliphatic hydroxyl groups excluding tert-OH is 3. The van der Waals surface area contributed by atoms with Gasteiger partial charge in [-0.1, -0.05) is 48.5 Å². The number of aliphatic hydroxyl groups is 3. The monoisotopic (exact) mass is 460 g/mol. The zero-order valence-electron chi connectivity index (χ0n) is 22.6. The van der Waals surface area contributed by atoms with Gasteiger partial charge in [-0.05, 0) is 115 Å². The average molecular weight is 461 g/mol. The van der Waals surface area contributed by atoms with Gasteiger partial charge in [-0.3, -0.25) is 0 Å². The molecule has 0 bridgehead atoms. The normalized spacial score (nSPS) is 57.3. The van der Waals surface area contributed by atoms with Crippen molar-refractivity contribution >= 4 is 0 Å². The summed E-state index contributed by atoms with van der Waals surface area (Å²) >= 11 is 0. The maximum Gasteiger partial charge on any atom is 0.0626 e. The van der Waals surface area contributed by atoms with Crippen LogP contribution in [0.3, 0.4) is 0 Å². The zero-order valence-corrected chi connectivity index (χ0v) is 22.6. The Kier molecular flexibility index (Phi) is 5.38. The molecule has 33 heavy (non-hydrogen) atoms. The van der Waals surface area contributed by atoms with Gasteiger partial charge in [-0.2, -0.15) is 0 Å². The van der Waals surface area contributed by atoms with Gasteiger partial charge in [0.1, 0.15) is 0 Å². The summed E-state index contributed by atoms with van der Waals surface area (Å²) in [5.74, 6) is 2.25. The average Bonchev–Trinajstić information content (AvgIpc) is 2.71. The van der Waals surface area contributed by atoms with Crippen LogP contribution in [0.15, 0.2) is 0 Å². The van der Waals surface area contributed by atoms with Crippen molar-refractivity contribution in [1.82, 2.24) is 0 Å². The van der Waals surface area contributed by atoms with Crippen molar-refractivity contribution in [1.29, 1.82) is 0 Å². The Hall–Kier alpha value is -0.120. The van der Waals surface area contributed by atoms with E-state index < -0.39 is 6.10 Å². The van der Waals surface area contributed by atoms with Crippen molar-refractivity contribution in [3.05, 3.63) is 0 Å². The third kappa shape index (κ3) is 2.97. The summed E-state index contributed by atoms with van der Waals surface area (Å²) in [6, 6.07) is 0. The standard InChI is InChI=1S/C30H52O3/c1-25(2)14-15-30(18-31)20(16-25)19-8-9-22-27(5)12-11-23(32)26(3,4)21(27)10-13-28(22,6)29(19,7)17-24(30)33/h19-24,31-33H,8-18H2,1-7H3/t19?,20?,21-,22?,23-,24?,27-,28+,29+,30+/m0/s1. The molecule has 5 rings (SSSR count). The van der Waals surface area contributed by atoms with Crippen molar-refractivity contribution in [2.45, 2.75) is 125 Å². The fraction of sp³-hybridized carbons (Fsp3) is 1.00. The molecule has 0 saturated heterocycles. The van der Waals surface area contributed by atoms with E-state index in [0.29, 0.717) is 29.1 Å². The molecule has 3 nitrogen and oxygen atoms in total. The smallest absolute Gasteiger partial charge is 0.0626 e. The molecule has 0 radical (unpaired) electrons. The van der Waals surface area contributed by atoms with E-state index in [1.54, 1.807) is 0 Å². The van der Waals surface area contributed by atoms with Gasteiger partial charge in [0.15, 0.2) is 0 Å². The van der Waals surface area contributed by atoms with Crippen LogP contribution in [0.2, 0.25) is 0 Å². The van der Waals surface area contributed by atoms with Crippen LogP contribution >= 0.6 is 0 Å². The Bertz CT molecular complexity index is 789. The van der Waals surface area contributed by atoms with Crippen molar-refractivity contribution in [2.75, 3.05) is 6.61 Å². The lowest BCUT2D eigenvalue weighted by molar-refractivity contribution is -0.277. The fourth-order valence-electron chi connectivity index (χ4n) is 11.5. The molecule has 5 aliphatic rings. The van der Waals surface area contributed by atoms with Gasteiger partial charge in [0.05, 0.1) is 18.8 Å². The summed E-state index contributed by atoms with van der Waals surface area (Å²) in [5.41, 5.74) is 0.584. The minimum atomic E-state index is -0.393. The zero-order chi connectivity index (χ0) is 24.2. The van der Waals surface area contributed by atoms with Crippen LogP contribution in [-0.2, 0) is 0 Å². The van der Waals surface area contributed by atoms with Crippen LogP contribution in [0.1, 0.15) is 113 Å². The molecule has 5 saturated carbocycles. The second-order valence-corrected chi connectivity index (χ2v) is 15.6. The second kappa shape index (κ2) is 7.22. The third-order valence-corrected chi connectivity index (χ3v) is 13.8. The van der Waals surface area contributed by atoms with Gasteiger partial charge in [0.2, 0.25) is 0 Å². The van der Waals surface area contributed by atoms with Crippen molar-refractivity contribution in [3.63, 3.8) is 0 Å². The lowest BCUT2D eigenvalue weighted by Crippen LogP contribution is -2.69. The van der Waals surface area contributed by atoms with Gasteiger partial charge < -0.3 is 15.3 Å². The topological polar surface area (TPSA) is 60.7 Å². The molecule has 5 fully saturated rings. The van der Waals surface area contributed by atoms with Crippen LogP contribution in [-0.4, -0.2) is 34.1 Å². The van der Waals surface area contributed by atoms with Crippen LogP contribution in [0.4, 0.5) is 0 Å². The minimum absolute atomic E-state index is 0.0163. The molecular formula is C30H52O3. The molecule has 0 amide bonds. The quantitative estimate of drug-likeness (QED) is 0.437. The molecule has 10 atom stereocenters. The van der Waals surface area contributed by atoms with E-state index in [1.807, 2.05) is 0 Å². The molecular weight excluding hydrogens is 408 g/mol. The molecule has 0 heterocycles. The Morgan fingerprint density at radius 1 is 0.636 bits per heavy atom. The highest BCUT2D eigenvalue weighted by atomic mass is 16.3. The maximum atomic E-state index is 11.8. The van der Waals surface area contributed by atoms with Crippen LogP contribution in [0.25, 0.3) is 0 Å². The minimum Gasteiger partial charge on any atom is -0.396 e. The van der Waals surface area contributed by atoms with E-state index in [9.17, 15) is 15.3 Å². The van der Waals surface area contributed by atoms with Gasteiger partial charge in [-0.15, -0.1) is 0 Å². The molecule has 5 aliphatic carbocycles. The number of rotatable bonds is 1. The van der Waals surface area contributed by atoms with Crippen molar-refractivity contribution in [2.24, 2.45) is 56.2 Å². The fourth-order valence-corrected chi connectivity index (χ4v) is 11.5. The highest BCUT2D eigenvalue weighted by Crippen LogP contribution is 2.76. The first kappa shape index (κ1) is 24.6. The summed E-state index contributed by atoms with van der Waals surface area (Å²) in [6.07, 6.45) is 10.5. The molecule has 0 aromatic heterocycles. The first-order valence-electron chi connectivity index (χ1n) is 14.1. The molecule has 0 aromatic rings. The predicted molar refractivity (Wildman–Crippen MR) is 134 cm³/mol. The van der Waals surface area contributed by atoms with Crippen LogP contribution in [0.5, 0.6) is 0 Å². The van der Waals surface area contributed by atoms with Gasteiger partial charge >= 0.3 is 0 Å². The second-order valence-electron chi connectivity index (χ2n) is 15.6. The molecule has 190 valence electrons. The third-order valence-electron chi connectivity index (χ3n) is 13.8. The molecule has 4 unspecified atom stereocenters. The Labute approximate surface area is 203 Å². The first-order chi connectivity index (χ1) is 15.2. The number of hydrogen-bond donors (Lipinski definition) is 3. The highest BCUT2D eigenvalue weighted by molar-refractivity contribution is 5.20. The summed E-state index contributed by atoms with van der Waals surface area (Å²) < 4.78 is 0. The van der Waals surface area contributed by atoms with Gasteiger partial charge in [-0.25, -0.2) is 0 Å². The Morgan fingerprint density at radius 3 is 2.00 bits per heavy atom. The number of fused-ring (bicyclic) bond motifs is 7. The van der Waals surface area contributed by atoms with E-state index in [0.717, 1.165) is 38.5 Å². The first-order valence-corrected chi connectivity index (χ1v) is 14.1. The Morgan fingerprint density at radius 2 is 1.33 bits per heavy atom. The summed E-state index contributed by atoms with van der Waals surface area (Å²) in [4.78, 5) is 0. The summed E-state index contributed by atoms with van der Waals surface area (Å²) in [7, 11) is 0. The van der Waals surface area contributed by atoms with E-state index in [-0.39, 0.29) is 39.8 Å². The van der Waals surface area contributed by atoms with Gasteiger partial charge in [0, 0.05) is 5.41 Å². The molecule has 3 heteroatoms. The van der Waals surface area contributed by atoms with Crippen molar-refractivity contribution in [3.8, 4) is 0 Å². The van der Waals surface area contributed by atoms with E-state index in [4.69, 9.17) is 0 Å². The number of hydrogen-bond acceptors (Lipinski definition) is 3. The Balaban J connectivity index is 1.56. The van der Waals surface area contributed by atoms with E-state index in [1.165, 1.54) is 25.7 Å². The largest absolute Gasteiger partial charge is 0.396 e. The van der Waals surface area contributed by atoms with E-state index in [2.05, 4.69) is 48.5 Å². The maximum absolute atomic E-state index is 11.8. The van der Waals surface area contributed by atoms with Crippen LogP contribution in [0, 0.1) is 56.2 Å². The lowest BCUT2D eigenvalue weighted by atomic mass is 9.31. The molecule has 3 N–H and O–H groups in total. The van der Waals surface area contributed by atoms with E-state index >= 15 is 0 Å². The molecule has 0 spiro atoms. The molecule has 0 aliphatic heterocycles. The van der Waals surface area contributed by atoms with Crippen LogP contribution < -0.4 is 0 Å². The van der Waals surface area contributed by atoms with Gasteiger partial charge in [0.25, 0.3) is 0 Å². The lowest BCUT2D eigenvalue weighted by Gasteiger charge is -2.74. The molecule has 0 aromatic carbocycles.